The third kappa shape index (κ3) is 4.95. The number of hydrogen-bond donors (Lipinski definition) is 0. The molecule has 2 heteroatoms. The third-order valence-corrected chi connectivity index (χ3v) is 11.9. The Labute approximate surface area is 320 Å². The van der Waals surface area contributed by atoms with Gasteiger partial charge in [0.1, 0.15) is 11.2 Å². The molecule has 0 bridgehead atoms. The van der Waals surface area contributed by atoms with Gasteiger partial charge < -0.3 is 9.32 Å². The molecular formula is C53H37NO. The van der Waals surface area contributed by atoms with Crippen LogP contribution in [0.2, 0.25) is 0 Å². The van der Waals surface area contributed by atoms with Crippen molar-refractivity contribution in [1.82, 2.24) is 0 Å². The van der Waals surface area contributed by atoms with Gasteiger partial charge in [-0.1, -0.05) is 147 Å². The molecule has 0 saturated carbocycles. The summed E-state index contributed by atoms with van der Waals surface area (Å²) in [7, 11) is 0. The van der Waals surface area contributed by atoms with E-state index in [9.17, 15) is 0 Å². The van der Waals surface area contributed by atoms with Crippen LogP contribution in [0.3, 0.4) is 0 Å². The number of hydrogen-bond acceptors (Lipinski definition) is 2. The molecule has 9 aromatic carbocycles. The van der Waals surface area contributed by atoms with Gasteiger partial charge in [0.15, 0.2) is 0 Å². The molecule has 0 aliphatic heterocycles. The normalized spacial score (nSPS) is 13.1. The molecule has 1 heterocycles. The summed E-state index contributed by atoms with van der Waals surface area (Å²) in [5.74, 6) is 0. The Morgan fingerprint density at radius 3 is 1.73 bits per heavy atom. The predicted octanol–water partition coefficient (Wildman–Crippen LogP) is 15.0. The molecule has 0 N–H and O–H groups in total. The molecule has 0 unspecified atom stereocenters. The van der Waals surface area contributed by atoms with Crippen LogP contribution in [0.15, 0.2) is 192 Å². The predicted molar refractivity (Wildman–Crippen MR) is 232 cm³/mol. The molecule has 0 saturated heterocycles. The van der Waals surface area contributed by atoms with Crippen molar-refractivity contribution < 1.29 is 4.42 Å². The third-order valence-electron chi connectivity index (χ3n) is 11.9. The van der Waals surface area contributed by atoms with Crippen LogP contribution in [0.1, 0.15) is 25.0 Å². The molecule has 10 aromatic rings. The average Bonchev–Trinajstić information content (AvgIpc) is 3.71. The maximum Gasteiger partial charge on any atom is 0.136 e. The highest BCUT2D eigenvalue weighted by atomic mass is 16.3. The van der Waals surface area contributed by atoms with Crippen LogP contribution in [0, 0.1) is 0 Å². The molecule has 1 aromatic heterocycles. The van der Waals surface area contributed by atoms with Gasteiger partial charge in [-0.2, -0.15) is 0 Å². The first-order valence-corrected chi connectivity index (χ1v) is 19.1. The number of nitrogens with zero attached hydrogens (tertiary/aromatic N) is 1. The lowest BCUT2D eigenvalue weighted by Crippen LogP contribution is -2.16. The smallest absolute Gasteiger partial charge is 0.136 e. The summed E-state index contributed by atoms with van der Waals surface area (Å²) in [4.78, 5) is 2.40. The van der Waals surface area contributed by atoms with Gasteiger partial charge >= 0.3 is 0 Å². The van der Waals surface area contributed by atoms with Crippen molar-refractivity contribution in [2.45, 2.75) is 19.3 Å². The fourth-order valence-corrected chi connectivity index (χ4v) is 9.09. The van der Waals surface area contributed by atoms with Crippen molar-refractivity contribution in [3.63, 3.8) is 0 Å². The van der Waals surface area contributed by atoms with Crippen LogP contribution < -0.4 is 4.90 Å². The summed E-state index contributed by atoms with van der Waals surface area (Å²) in [6.07, 6.45) is 0. The van der Waals surface area contributed by atoms with E-state index in [0.717, 1.165) is 44.6 Å². The van der Waals surface area contributed by atoms with Crippen LogP contribution in [0.4, 0.5) is 17.1 Å². The zero-order valence-corrected chi connectivity index (χ0v) is 30.8. The van der Waals surface area contributed by atoms with Crippen LogP contribution in [0.5, 0.6) is 0 Å². The molecule has 0 amide bonds. The van der Waals surface area contributed by atoms with Gasteiger partial charge in [0.05, 0.1) is 0 Å². The number of rotatable bonds is 5. The second-order valence-electron chi connectivity index (χ2n) is 15.3. The Morgan fingerprint density at radius 2 is 0.945 bits per heavy atom. The lowest BCUT2D eigenvalue weighted by Gasteiger charge is -2.28. The van der Waals surface area contributed by atoms with E-state index in [4.69, 9.17) is 4.42 Å². The zero-order valence-electron chi connectivity index (χ0n) is 30.8. The highest BCUT2D eigenvalue weighted by Crippen LogP contribution is 2.51. The maximum atomic E-state index is 6.43. The van der Waals surface area contributed by atoms with E-state index in [1.807, 2.05) is 0 Å². The Balaban J connectivity index is 1.04. The van der Waals surface area contributed by atoms with E-state index >= 15 is 0 Å². The molecule has 260 valence electrons. The van der Waals surface area contributed by atoms with Gasteiger partial charge in [-0.15, -0.1) is 0 Å². The van der Waals surface area contributed by atoms with E-state index in [1.54, 1.807) is 0 Å². The molecule has 0 fully saturated rings. The van der Waals surface area contributed by atoms with E-state index in [1.165, 1.54) is 60.5 Å². The molecule has 1 aliphatic carbocycles. The number of benzene rings is 9. The molecule has 11 rings (SSSR count). The van der Waals surface area contributed by atoms with Crippen LogP contribution >= 0.6 is 0 Å². The summed E-state index contributed by atoms with van der Waals surface area (Å²) >= 11 is 0. The largest absolute Gasteiger partial charge is 0.456 e. The second kappa shape index (κ2) is 12.1. The summed E-state index contributed by atoms with van der Waals surface area (Å²) < 4.78 is 6.43. The van der Waals surface area contributed by atoms with E-state index in [2.05, 4.69) is 207 Å². The SMILES string of the molecule is CC1(C)c2ccccc2-c2ccc(N(c3ccc(-c4cccc5ccccc45)cc3)c3ccc(-c4cccc5oc6cc7ccccc7cc6c45)cc3)cc21. The fourth-order valence-electron chi connectivity index (χ4n) is 9.09. The van der Waals surface area contributed by atoms with Crippen molar-refractivity contribution in [3.05, 3.63) is 199 Å². The first kappa shape index (κ1) is 31.6. The van der Waals surface area contributed by atoms with Crippen LogP contribution in [-0.4, -0.2) is 0 Å². The average molecular weight is 704 g/mol. The molecule has 2 nitrogen and oxygen atoms in total. The van der Waals surface area contributed by atoms with E-state index in [0.29, 0.717) is 0 Å². The second-order valence-corrected chi connectivity index (χ2v) is 15.3. The minimum Gasteiger partial charge on any atom is -0.456 e. The van der Waals surface area contributed by atoms with E-state index < -0.39 is 0 Å². The quantitative estimate of drug-likeness (QED) is 0.177. The highest BCUT2D eigenvalue weighted by Gasteiger charge is 2.35. The topological polar surface area (TPSA) is 16.4 Å². The minimum absolute atomic E-state index is 0.104. The first-order chi connectivity index (χ1) is 27.0. The Hall–Kier alpha value is -6.90. The zero-order chi connectivity index (χ0) is 36.7. The molecule has 0 atom stereocenters. The van der Waals surface area contributed by atoms with Crippen molar-refractivity contribution in [1.29, 1.82) is 0 Å². The Morgan fingerprint density at radius 1 is 0.382 bits per heavy atom. The summed E-state index contributed by atoms with van der Waals surface area (Å²) in [5, 5.41) is 7.20. The standard InChI is InChI=1S/C53H37NO/c1-53(2)48-19-8-7-16-45(48)46-30-29-41(33-49(46)53)54(39-25-21-35(22-26-39)43-17-9-14-34-11-5-6-15-42(34)43)40-27-23-36(24-28-40)44-18-10-20-50-52(44)47-31-37-12-3-4-13-38(37)32-51(47)55-50/h3-33H,1-2H3. The monoisotopic (exact) mass is 703 g/mol. The summed E-state index contributed by atoms with van der Waals surface area (Å²) in [5.41, 5.74) is 15.2. The molecule has 1 aliphatic rings. The van der Waals surface area contributed by atoms with Gasteiger partial charge in [-0.25, -0.2) is 0 Å². The number of fused-ring (bicyclic) bond motifs is 8. The van der Waals surface area contributed by atoms with Crippen LogP contribution in [0.25, 0.3) is 76.9 Å². The number of furan rings is 1. The highest BCUT2D eigenvalue weighted by molar-refractivity contribution is 6.15. The summed E-state index contributed by atoms with van der Waals surface area (Å²) in [6.45, 7) is 4.70. The minimum atomic E-state index is -0.104. The van der Waals surface area contributed by atoms with Gasteiger partial charge in [-0.3, -0.25) is 0 Å². The van der Waals surface area contributed by atoms with Crippen molar-refractivity contribution >= 4 is 60.5 Å². The number of anilines is 3. The van der Waals surface area contributed by atoms with Gasteiger partial charge in [0.2, 0.25) is 0 Å². The first-order valence-electron chi connectivity index (χ1n) is 19.1. The van der Waals surface area contributed by atoms with Gasteiger partial charge in [0.25, 0.3) is 0 Å². The van der Waals surface area contributed by atoms with Crippen molar-refractivity contribution in [3.8, 4) is 33.4 Å². The maximum absolute atomic E-state index is 6.43. The lowest BCUT2D eigenvalue weighted by atomic mass is 9.82. The van der Waals surface area contributed by atoms with Crippen molar-refractivity contribution in [2.75, 3.05) is 4.90 Å². The molecule has 0 spiro atoms. The van der Waals surface area contributed by atoms with Crippen LogP contribution in [-0.2, 0) is 5.41 Å². The summed E-state index contributed by atoms with van der Waals surface area (Å²) in [6, 6.07) is 68.5. The lowest BCUT2D eigenvalue weighted by molar-refractivity contribution is 0.660. The molecule has 55 heavy (non-hydrogen) atoms. The Bertz CT molecular complexity index is 3110. The van der Waals surface area contributed by atoms with Gasteiger partial charge in [0, 0.05) is 33.2 Å². The van der Waals surface area contributed by atoms with Gasteiger partial charge in [-0.05, 0) is 121 Å². The fraction of sp³-hybridized carbons (Fsp3) is 0.0566. The Kier molecular flexibility index (Phi) is 6.93. The van der Waals surface area contributed by atoms with E-state index in [-0.39, 0.29) is 5.41 Å². The molecule has 0 radical (unpaired) electrons. The van der Waals surface area contributed by atoms with Crippen molar-refractivity contribution in [2.24, 2.45) is 0 Å². The molecular weight excluding hydrogens is 667 g/mol.